The standard InChI is InChI=1S/C22H22F2N2O3/c23-15-6-3-5-14(11-15)12-26-13-20(29-21-16(24)7-4-9-18(21)26)22(28)25-17-8-1-2-10-19(17)27/h3-7,9,11,13,17,19,27H,1-2,8,10,12H2,(H,25,28)/t17-,19-/m0/s1. The Balaban J connectivity index is 1.61. The summed E-state index contributed by atoms with van der Waals surface area (Å²) < 4.78 is 33.5. The van der Waals surface area contributed by atoms with E-state index >= 15 is 0 Å². The zero-order chi connectivity index (χ0) is 20.4. The molecule has 0 radical (unpaired) electrons. The molecule has 0 saturated heterocycles. The highest BCUT2D eigenvalue weighted by Gasteiger charge is 2.30. The normalized spacial score (nSPS) is 21.1. The van der Waals surface area contributed by atoms with Crippen molar-refractivity contribution in [1.82, 2.24) is 5.32 Å². The second kappa shape index (κ2) is 8.21. The van der Waals surface area contributed by atoms with E-state index in [4.69, 9.17) is 4.74 Å². The smallest absolute Gasteiger partial charge is 0.288 e. The molecule has 0 bridgehead atoms. The van der Waals surface area contributed by atoms with Gasteiger partial charge in [0, 0.05) is 6.54 Å². The summed E-state index contributed by atoms with van der Waals surface area (Å²) >= 11 is 0. The van der Waals surface area contributed by atoms with Crippen molar-refractivity contribution in [3.63, 3.8) is 0 Å². The number of halogens is 2. The van der Waals surface area contributed by atoms with Crippen LogP contribution in [0.4, 0.5) is 14.5 Å². The zero-order valence-electron chi connectivity index (χ0n) is 15.8. The minimum Gasteiger partial charge on any atom is -0.445 e. The Morgan fingerprint density at radius 2 is 1.97 bits per heavy atom. The van der Waals surface area contributed by atoms with Crippen molar-refractivity contribution in [2.75, 3.05) is 4.90 Å². The number of nitrogens with one attached hydrogen (secondary N) is 1. The summed E-state index contributed by atoms with van der Waals surface area (Å²) in [6.45, 7) is 0.237. The van der Waals surface area contributed by atoms with Crippen LogP contribution in [0, 0.1) is 11.6 Å². The third kappa shape index (κ3) is 4.24. The van der Waals surface area contributed by atoms with Gasteiger partial charge in [-0.1, -0.05) is 31.0 Å². The minimum atomic E-state index is -0.607. The summed E-state index contributed by atoms with van der Waals surface area (Å²) in [6, 6.07) is 10.2. The molecule has 1 saturated carbocycles. The second-order valence-electron chi connectivity index (χ2n) is 7.37. The molecule has 2 atom stereocenters. The molecular formula is C22H22F2N2O3. The van der Waals surface area contributed by atoms with Gasteiger partial charge in [-0.15, -0.1) is 0 Å². The average Bonchev–Trinajstić information content (AvgIpc) is 2.70. The van der Waals surface area contributed by atoms with Crippen LogP contribution >= 0.6 is 0 Å². The van der Waals surface area contributed by atoms with Crippen molar-refractivity contribution >= 4 is 11.6 Å². The molecule has 0 unspecified atom stereocenters. The number of amides is 1. The number of hydrogen-bond acceptors (Lipinski definition) is 4. The first-order valence-corrected chi connectivity index (χ1v) is 9.69. The molecule has 2 aromatic carbocycles. The van der Waals surface area contributed by atoms with Gasteiger partial charge in [0.05, 0.1) is 24.0 Å². The second-order valence-corrected chi connectivity index (χ2v) is 7.37. The molecule has 1 heterocycles. The van der Waals surface area contributed by atoms with E-state index in [0.717, 1.165) is 12.8 Å². The van der Waals surface area contributed by atoms with E-state index in [1.807, 2.05) is 0 Å². The summed E-state index contributed by atoms with van der Waals surface area (Å²) in [4.78, 5) is 14.4. The molecule has 2 N–H and O–H groups in total. The van der Waals surface area contributed by atoms with Crippen molar-refractivity contribution in [1.29, 1.82) is 0 Å². The lowest BCUT2D eigenvalue weighted by atomic mass is 9.92. The van der Waals surface area contributed by atoms with Gasteiger partial charge in [-0.3, -0.25) is 4.79 Å². The molecule has 7 heteroatoms. The van der Waals surface area contributed by atoms with E-state index < -0.39 is 17.8 Å². The number of anilines is 1. The van der Waals surface area contributed by atoms with Crippen LogP contribution in [0.15, 0.2) is 54.4 Å². The summed E-state index contributed by atoms with van der Waals surface area (Å²) in [7, 11) is 0. The number of fused-ring (bicyclic) bond motifs is 1. The lowest BCUT2D eigenvalue weighted by molar-refractivity contribution is -0.121. The van der Waals surface area contributed by atoms with Gasteiger partial charge in [0.2, 0.25) is 5.76 Å². The summed E-state index contributed by atoms with van der Waals surface area (Å²) in [5, 5.41) is 12.9. The number of hydrogen-bond donors (Lipinski definition) is 2. The van der Waals surface area contributed by atoms with Crippen molar-refractivity contribution in [3.8, 4) is 5.75 Å². The van der Waals surface area contributed by atoms with Gasteiger partial charge >= 0.3 is 0 Å². The molecule has 0 aromatic heterocycles. The SMILES string of the molecule is O=C(N[C@H]1CCCC[C@@H]1O)C1=CN(Cc2cccc(F)c2)c2cccc(F)c2O1. The predicted octanol–water partition coefficient (Wildman–Crippen LogP) is 3.62. The highest BCUT2D eigenvalue weighted by molar-refractivity contribution is 5.93. The largest absolute Gasteiger partial charge is 0.445 e. The van der Waals surface area contributed by atoms with Crippen molar-refractivity contribution in [2.45, 2.75) is 44.4 Å². The molecule has 4 rings (SSSR count). The van der Waals surface area contributed by atoms with E-state index in [0.29, 0.717) is 24.1 Å². The van der Waals surface area contributed by atoms with E-state index in [1.54, 1.807) is 29.2 Å². The number of para-hydroxylation sites is 1. The van der Waals surface area contributed by atoms with Crippen LogP contribution in [0.25, 0.3) is 0 Å². The molecule has 1 aliphatic carbocycles. The number of rotatable bonds is 4. The number of aliphatic hydroxyl groups is 1. The van der Waals surface area contributed by atoms with Gasteiger partial charge in [-0.2, -0.15) is 0 Å². The van der Waals surface area contributed by atoms with Gasteiger partial charge in [0.1, 0.15) is 5.82 Å². The summed E-state index contributed by atoms with van der Waals surface area (Å²) in [5.41, 5.74) is 1.12. The van der Waals surface area contributed by atoms with Gasteiger partial charge in [-0.05, 0) is 42.7 Å². The van der Waals surface area contributed by atoms with Crippen LogP contribution in [0.3, 0.4) is 0 Å². The minimum absolute atomic E-state index is 0.0549. The average molecular weight is 400 g/mol. The molecule has 1 aliphatic heterocycles. The van der Waals surface area contributed by atoms with Crippen LogP contribution < -0.4 is 15.0 Å². The third-order valence-corrected chi connectivity index (χ3v) is 5.25. The molecule has 2 aliphatic rings. The highest BCUT2D eigenvalue weighted by atomic mass is 19.1. The van der Waals surface area contributed by atoms with E-state index in [2.05, 4.69) is 5.32 Å². The first kappa shape index (κ1) is 19.4. The Morgan fingerprint density at radius 1 is 1.17 bits per heavy atom. The molecule has 29 heavy (non-hydrogen) atoms. The first-order valence-electron chi connectivity index (χ1n) is 9.69. The van der Waals surface area contributed by atoms with E-state index in [1.165, 1.54) is 24.4 Å². The van der Waals surface area contributed by atoms with Crippen LogP contribution in [0.2, 0.25) is 0 Å². The fourth-order valence-electron chi connectivity index (χ4n) is 3.76. The molecule has 2 aromatic rings. The van der Waals surface area contributed by atoms with E-state index in [9.17, 15) is 18.7 Å². The fourth-order valence-corrected chi connectivity index (χ4v) is 3.76. The lowest BCUT2D eigenvalue weighted by Gasteiger charge is -2.31. The summed E-state index contributed by atoms with van der Waals surface area (Å²) in [6.07, 6.45) is 4.03. The number of ether oxygens (including phenoxy) is 1. The van der Waals surface area contributed by atoms with Crippen LogP contribution in [-0.4, -0.2) is 23.2 Å². The van der Waals surface area contributed by atoms with Gasteiger partial charge in [0.15, 0.2) is 11.6 Å². The Labute approximate surface area is 167 Å². The maximum Gasteiger partial charge on any atom is 0.288 e. The van der Waals surface area contributed by atoms with Crippen LogP contribution in [0.1, 0.15) is 31.2 Å². The third-order valence-electron chi connectivity index (χ3n) is 5.25. The lowest BCUT2D eigenvalue weighted by Crippen LogP contribution is -2.46. The Kier molecular flexibility index (Phi) is 5.49. The van der Waals surface area contributed by atoms with Crippen LogP contribution in [-0.2, 0) is 11.3 Å². The van der Waals surface area contributed by atoms with Crippen molar-refractivity contribution in [2.24, 2.45) is 0 Å². The van der Waals surface area contributed by atoms with E-state index in [-0.39, 0.29) is 29.9 Å². The molecule has 0 spiro atoms. The first-order chi connectivity index (χ1) is 14.0. The molecular weight excluding hydrogens is 378 g/mol. The molecule has 152 valence electrons. The maximum absolute atomic E-state index is 14.4. The van der Waals surface area contributed by atoms with Crippen molar-refractivity contribution < 1.29 is 23.4 Å². The molecule has 1 fully saturated rings. The predicted molar refractivity (Wildman–Crippen MR) is 104 cm³/mol. The molecule has 1 amide bonds. The number of nitrogens with zero attached hydrogens (tertiary/aromatic N) is 1. The number of aliphatic hydroxyl groups excluding tert-OH is 1. The van der Waals surface area contributed by atoms with Gasteiger partial charge in [-0.25, -0.2) is 8.78 Å². The number of benzene rings is 2. The van der Waals surface area contributed by atoms with Crippen molar-refractivity contribution in [3.05, 3.63) is 71.6 Å². The topological polar surface area (TPSA) is 61.8 Å². The number of carbonyl (C=O) groups excluding carboxylic acids is 1. The Bertz CT molecular complexity index is 947. The van der Waals surface area contributed by atoms with Crippen LogP contribution in [0.5, 0.6) is 5.75 Å². The zero-order valence-corrected chi connectivity index (χ0v) is 15.8. The Hall–Kier alpha value is -2.93. The maximum atomic E-state index is 14.4. The highest BCUT2D eigenvalue weighted by Crippen LogP contribution is 2.37. The number of carbonyl (C=O) groups is 1. The monoisotopic (exact) mass is 400 g/mol. The van der Waals surface area contributed by atoms with Gasteiger partial charge < -0.3 is 20.1 Å². The summed E-state index contributed by atoms with van der Waals surface area (Å²) in [5.74, 6) is -1.61. The molecule has 5 nitrogen and oxygen atoms in total. The Morgan fingerprint density at radius 3 is 2.76 bits per heavy atom. The fraction of sp³-hybridized carbons (Fsp3) is 0.318. The van der Waals surface area contributed by atoms with Gasteiger partial charge in [0.25, 0.3) is 5.91 Å². The quantitative estimate of drug-likeness (QED) is 0.823.